The first kappa shape index (κ1) is 16.1. The summed E-state index contributed by atoms with van der Waals surface area (Å²) in [4.78, 5) is 18.8. The normalized spacial score (nSPS) is 10.3. The number of aromatic nitrogens is 2. The first-order chi connectivity index (χ1) is 9.49. The van der Waals surface area contributed by atoms with Gasteiger partial charge >= 0.3 is 5.97 Å². The molecule has 0 atom stereocenters. The molecule has 0 fully saturated rings. The third-order valence-corrected chi connectivity index (χ3v) is 4.57. The van der Waals surface area contributed by atoms with Crippen molar-refractivity contribution in [3.8, 4) is 5.75 Å². The van der Waals surface area contributed by atoms with Crippen molar-refractivity contribution in [2.75, 3.05) is 0 Å². The Hall–Kier alpha value is -0.240. The molecule has 0 aliphatic heterocycles. The fraction of sp³-hybridized carbons (Fsp3) is 0.0833. The van der Waals surface area contributed by atoms with Crippen molar-refractivity contribution in [1.29, 1.82) is 0 Å². The van der Waals surface area contributed by atoms with Crippen LogP contribution < -0.4 is 4.74 Å². The number of nitrogens with zero attached hydrogens (tertiary/aromatic N) is 2. The molecule has 104 valence electrons. The van der Waals surface area contributed by atoms with Gasteiger partial charge in [-0.25, -0.2) is 14.8 Å². The fourth-order valence-corrected chi connectivity index (χ4v) is 5.35. The Morgan fingerprint density at radius 2 is 1.90 bits per heavy atom. The van der Waals surface area contributed by atoms with Crippen LogP contribution in [0.25, 0.3) is 0 Å². The largest absolute Gasteiger partial charge is 0.485 e. The molecule has 0 aliphatic carbocycles. The highest BCUT2D eigenvalue weighted by Crippen LogP contribution is 2.30. The molecule has 0 saturated carbocycles. The van der Waals surface area contributed by atoms with E-state index in [9.17, 15) is 4.79 Å². The Morgan fingerprint density at radius 3 is 2.50 bits per heavy atom. The van der Waals surface area contributed by atoms with Crippen molar-refractivity contribution in [1.82, 2.24) is 9.97 Å². The Morgan fingerprint density at radius 1 is 1.25 bits per heavy atom. The van der Waals surface area contributed by atoms with Crippen LogP contribution in [-0.4, -0.2) is 21.0 Å². The van der Waals surface area contributed by atoms with Crippen LogP contribution in [0.3, 0.4) is 0 Å². The number of aromatic carboxylic acids is 1. The van der Waals surface area contributed by atoms with E-state index in [2.05, 4.69) is 77.7 Å². The van der Waals surface area contributed by atoms with Gasteiger partial charge in [0.1, 0.15) is 24.2 Å². The second-order valence-corrected chi connectivity index (χ2v) is 7.25. The van der Waals surface area contributed by atoms with Crippen LogP contribution in [0.15, 0.2) is 24.7 Å². The zero-order valence-corrected chi connectivity index (χ0v) is 16.3. The van der Waals surface area contributed by atoms with E-state index in [1.165, 1.54) is 12.5 Å². The highest BCUT2D eigenvalue weighted by molar-refractivity contribution is 14.1. The molecule has 0 saturated heterocycles. The maximum atomic E-state index is 11.1. The summed E-state index contributed by atoms with van der Waals surface area (Å²) in [5, 5.41) is 9.07. The van der Waals surface area contributed by atoms with Crippen molar-refractivity contribution < 1.29 is 14.6 Å². The quantitative estimate of drug-likeness (QED) is 0.539. The molecule has 0 bridgehead atoms. The van der Waals surface area contributed by atoms with Gasteiger partial charge in [0.15, 0.2) is 0 Å². The molecular formula is C12H7I3N2O3. The van der Waals surface area contributed by atoms with Crippen molar-refractivity contribution in [2.24, 2.45) is 0 Å². The molecule has 1 aromatic carbocycles. The van der Waals surface area contributed by atoms with E-state index in [1.807, 2.05) is 12.1 Å². The lowest BCUT2D eigenvalue weighted by Gasteiger charge is -2.11. The van der Waals surface area contributed by atoms with Crippen LogP contribution in [0.5, 0.6) is 5.75 Å². The molecular weight excluding hydrogens is 601 g/mol. The van der Waals surface area contributed by atoms with E-state index in [0.717, 1.165) is 16.5 Å². The van der Waals surface area contributed by atoms with Gasteiger partial charge in [-0.1, -0.05) is 0 Å². The summed E-state index contributed by atoms with van der Waals surface area (Å²) in [7, 11) is 0. The molecule has 0 spiro atoms. The standard InChI is InChI=1S/C12H7I3N2O3/c13-6-1-8(14)11(9(15)2-6)20-4-10-7(12(18)19)3-16-5-17-10/h1-3,5H,4H2,(H,18,19). The zero-order valence-electron chi connectivity index (χ0n) is 9.81. The number of hydrogen-bond donors (Lipinski definition) is 1. The Balaban J connectivity index is 2.24. The second kappa shape index (κ2) is 7.15. The van der Waals surface area contributed by atoms with Crippen molar-refractivity contribution in [3.05, 3.63) is 46.6 Å². The van der Waals surface area contributed by atoms with Crippen LogP contribution in [0.4, 0.5) is 0 Å². The minimum Gasteiger partial charge on any atom is -0.485 e. The predicted molar refractivity (Wildman–Crippen MR) is 97.9 cm³/mol. The molecule has 1 heterocycles. The number of ether oxygens (including phenoxy) is 1. The van der Waals surface area contributed by atoms with E-state index in [4.69, 9.17) is 9.84 Å². The molecule has 1 N–H and O–H groups in total. The lowest BCUT2D eigenvalue weighted by molar-refractivity contribution is 0.0692. The Labute approximate surface area is 156 Å². The van der Waals surface area contributed by atoms with Crippen LogP contribution in [-0.2, 0) is 6.61 Å². The third-order valence-electron chi connectivity index (χ3n) is 2.34. The second-order valence-electron chi connectivity index (χ2n) is 3.68. The van der Waals surface area contributed by atoms with Crippen molar-refractivity contribution in [2.45, 2.75) is 6.61 Å². The number of carboxylic acid groups (broad SMARTS) is 1. The fourth-order valence-electron chi connectivity index (χ4n) is 1.46. The van der Waals surface area contributed by atoms with E-state index in [-0.39, 0.29) is 12.2 Å². The SMILES string of the molecule is O=C(O)c1cncnc1COc1c(I)cc(I)cc1I. The van der Waals surface area contributed by atoms with Gasteiger partial charge in [0.2, 0.25) is 0 Å². The van der Waals surface area contributed by atoms with Crippen LogP contribution >= 0.6 is 67.8 Å². The van der Waals surface area contributed by atoms with Gasteiger partial charge < -0.3 is 9.84 Å². The average Bonchev–Trinajstić information content (AvgIpc) is 2.37. The van der Waals surface area contributed by atoms with Crippen LogP contribution in [0.1, 0.15) is 16.1 Å². The molecule has 0 aliphatic rings. The molecule has 2 aromatic rings. The molecule has 0 unspecified atom stereocenters. The van der Waals surface area contributed by atoms with Crippen molar-refractivity contribution in [3.63, 3.8) is 0 Å². The first-order valence-corrected chi connectivity index (χ1v) is 8.52. The molecule has 1 aromatic heterocycles. The minimum atomic E-state index is -1.06. The Bertz CT molecular complexity index is 641. The zero-order chi connectivity index (χ0) is 14.7. The number of carboxylic acids is 1. The molecule has 20 heavy (non-hydrogen) atoms. The van der Waals surface area contributed by atoms with E-state index >= 15 is 0 Å². The third kappa shape index (κ3) is 3.90. The van der Waals surface area contributed by atoms with Crippen LogP contribution in [0.2, 0.25) is 0 Å². The molecule has 0 amide bonds. The van der Waals surface area contributed by atoms with Gasteiger partial charge in [0.05, 0.1) is 12.8 Å². The highest BCUT2D eigenvalue weighted by Gasteiger charge is 2.14. The number of carbonyl (C=O) groups is 1. The highest BCUT2D eigenvalue weighted by atomic mass is 127. The summed E-state index contributed by atoms with van der Waals surface area (Å²) in [6.45, 7) is 0.0940. The molecule has 5 nitrogen and oxygen atoms in total. The number of benzene rings is 1. The Kier molecular flexibility index (Phi) is 5.77. The summed E-state index contributed by atoms with van der Waals surface area (Å²) in [6.07, 6.45) is 2.59. The van der Waals surface area contributed by atoms with Crippen LogP contribution in [0, 0.1) is 10.7 Å². The summed E-state index contributed by atoms with van der Waals surface area (Å²) >= 11 is 6.62. The van der Waals surface area contributed by atoms with Crippen molar-refractivity contribution >= 4 is 73.7 Å². The predicted octanol–water partition coefficient (Wildman–Crippen LogP) is 3.57. The number of hydrogen-bond acceptors (Lipinski definition) is 4. The van der Waals surface area contributed by atoms with Gasteiger partial charge in [-0.2, -0.15) is 0 Å². The smallest absolute Gasteiger partial charge is 0.339 e. The minimum absolute atomic E-state index is 0.0584. The summed E-state index contributed by atoms with van der Waals surface area (Å²) in [5.74, 6) is -0.322. The molecule has 2 rings (SSSR count). The average molecular weight is 608 g/mol. The molecule has 8 heteroatoms. The number of rotatable bonds is 4. The topological polar surface area (TPSA) is 72.3 Å². The van der Waals surface area contributed by atoms with E-state index < -0.39 is 5.97 Å². The lowest BCUT2D eigenvalue weighted by Crippen LogP contribution is -2.09. The van der Waals surface area contributed by atoms with Gasteiger partial charge in [-0.3, -0.25) is 0 Å². The summed E-state index contributed by atoms with van der Waals surface area (Å²) in [5.41, 5.74) is 0.417. The van der Waals surface area contributed by atoms with E-state index in [0.29, 0.717) is 5.69 Å². The lowest BCUT2D eigenvalue weighted by atomic mass is 10.2. The van der Waals surface area contributed by atoms with Gasteiger partial charge in [-0.15, -0.1) is 0 Å². The molecule has 0 radical (unpaired) electrons. The number of halogens is 3. The maximum absolute atomic E-state index is 11.1. The van der Waals surface area contributed by atoms with E-state index in [1.54, 1.807) is 0 Å². The van der Waals surface area contributed by atoms with Gasteiger partial charge in [0, 0.05) is 9.77 Å². The summed E-state index contributed by atoms with van der Waals surface area (Å²) in [6, 6.07) is 3.99. The van der Waals surface area contributed by atoms with Gasteiger partial charge in [-0.05, 0) is 79.9 Å². The summed E-state index contributed by atoms with van der Waals surface area (Å²) < 4.78 is 8.80. The first-order valence-electron chi connectivity index (χ1n) is 5.28. The maximum Gasteiger partial charge on any atom is 0.339 e. The monoisotopic (exact) mass is 608 g/mol. The van der Waals surface area contributed by atoms with Gasteiger partial charge in [0.25, 0.3) is 0 Å².